The zero-order chi connectivity index (χ0) is 17.8. The molecule has 2 aromatic rings. The monoisotopic (exact) mass is 338 g/mol. The zero-order valence-electron chi connectivity index (χ0n) is 13.8. The van der Waals surface area contributed by atoms with Gasteiger partial charge in [0.1, 0.15) is 5.82 Å². The van der Waals surface area contributed by atoms with Gasteiger partial charge in [-0.3, -0.25) is 10.2 Å². The predicted octanol–water partition coefficient (Wildman–Crippen LogP) is 2.34. The van der Waals surface area contributed by atoms with Gasteiger partial charge < -0.3 is 5.32 Å². The van der Waals surface area contributed by atoms with Gasteiger partial charge in [-0.25, -0.2) is 9.82 Å². The first-order valence-electron chi connectivity index (χ1n) is 8.13. The van der Waals surface area contributed by atoms with Crippen molar-refractivity contribution in [1.29, 1.82) is 5.26 Å². The summed E-state index contributed by atoms with van der Waals surface area (Å²) in [4.78, 5) is 12.7. The van der Waals surface area contributed by atoms with Crippen LogP contribution in [0.4, 0.5) is 4.39 Å². The van der Waals surface area contributed by atoms with Crippen LogP contribution in [0.5, 0.6) is 0 Å². The highest BCUT2D eigenvalue weighted by atomic mass is 19.1. The predicted molar refractivity (Wildman–Crippen MR) is 91.5 cm³/mol. The van der Waals surface area contributed by atoms with Gasteiger partial charge >= 0.3 is 0 Å². The number of nitrogens with one attached hydrogen (secondary N) is 3. The molecule has 1 heterocycles. The fourth-order valence-electron chi connectivity index (χ4n) is 2.98. The quantitative estimate of drug-likeness (QED) is 0.800. The van der Waals surface area contributed by atoms with E-state index < -0.39 is 0 Å². The van der Waals surface area contributed by atoms with Crippen LogP contribution in [0.2, 0.25) is 0 Å². The Morgan fingerprint density at radius 1 is 1.24 bits per heavy atom. The first-order valence-corrected chi connectivity index (χ1v) is 8.13. The summed E-state index contributed by atoms with van der Waals surface area (Å²) in [6, 6.07) is 15.0. The summed E-state index contributed by atoms with van der Waals surface area (Å²) in [6.07, 6.45) is 0. The number of nitriles is 1. The van der Waals surface area contributed by atoms with Crippen molar-refractivity contribution in [2.75, 3.05) is 6.54 Å². The van der Waals surface area contributed by atoms with Crippen LogP contribution in [0.1, 0.15) is 35.7 Å². The second kappa shape index (κ2) is 7.43. The fourth-order valence-corrected chi connectivity index (χ4v) is 2.98. The van der Waals surface area contributed by atoms with Crippen molar-refractivity contribution in [1.82, 2.24) is 16.2 Å². The number of hydrogen-bond acceptors (Lipinski definition) is 4. The van der Waals surface area contributed by atoms with E-state index in [9.17, 15) is 9.18 Å². The number of hydrogen-bond donors (Lipinski definition) is 3. The molecular weight excluding hydrogens is 319 g/mol. The molecule has 2 aromatic carbocycles. The van der Waals surface area contributed by atoms with Crippen LogP contribution in [0, 0.1) is 23.1 Å². The molecule has 1 amide bonds. The van der Waals surface area contributed by atoms with Crippen LogP contribution in [0.15, 0.2) is 48.5 Å². The van der Waals surface area contributed by atoms with E-state index in [1.807, 2.05) is 19.1 Å². The van der Waals surface area contributed by atoms with Gasteiger partial charge in [-0.1, -0.05) is 24.3 Å². The summed E-state index contributed by atoms with van der Waals surface area (Å²) in [6.45, 7) is 2.40. The van der Waals surface area contributed by atoms with Gasteiger partial charge in [-0.05, 0) is 42.3 Å². The second-order valence-electron chi connectivity index (χ2n) is 6.13. The summed E-state index contributed by atoms with van der Waals surface area (Å²) < 4.78 is 13.1. The van der Waals surface area contributed by atoms with Crippen LogP contribution < -0.4 is 16.2 Å². The molecule has 3 N–H and O–H groups in total. The van der Waals surface area contributed by atoms with Gasteiger partial charge in [0.25, 0.3) is 0 Å². The summed E-state index contributed by atoms with van der Waals surface area (Å²) in [5, 5.41) is 11.9. The molecule has 128 valence electrons. The van der Waals surface area contributed by atoms with E-state index in [0.29, 0.717) is 12.1 Å². The maximum absolute atomic E-state index is 13.1. The first kappa shape index (κ1) is 17.1. The van der Waals surface area contributed by atoms with Crippen molar-refractivity contribution in [3.05, 3.63) is 71.0 Å². The summed E-state index contributed by atoms with van der Waals surface area (Å²) >= 11 is 0. The first-order chi connectivity index (χ1) is 12.1. The van der Waals surface area contributed by atoms with Gasteiger partial charge in [0.15, 0.2) is 0 Å². The molecule has 3 unspecified atom stereocenters. The van der Waals surface area contributed by atoms with E-state index in [0.717, 1.165) is 11.1 Å². The molecule has 0 spiro atoms. The topological polar surface area (TPSA) is 77.0 Å². The van der Waals surface area contributed by atoms with E-state index in [2.05, 4.69) is 22.2 Å². The molecule has 1 aliphatic rings. The third-order valence-electron chi connectivity index (χ3n) is 4.45. The van der Waals surface area contributed by atoms with E-state index in [4.69, 9.17) is 5.26 Å². The average molecular weight is 338 g/mol. The van der Waals surface area contributed by atoms with Gasteiger partial charge in [-0.15, -0.1) is 0 Å². The molecule has 0 aliphatic carbocycles. The molecule has 1 aliphatic heterocycles. The normalized spacial score (nSPS) is 20.7. The summed E-state index contributed by atoms with van der Waals surface area (Å²) in [5.41, 5.74) is 8.47. The van der Waals surface area contributed by atoms with Crippen molar-refractivity contribution in [3.63, 3.8) is 0 Å². The largest absolute Gasteiger partial charge is 0.349 e. The van der Waals surface area contributed by atoms with Crippen LogP contribution in [0.3, 0.4) is 0 Å². The molecule has 25 heavy (non-hydrogen) atoms. The molecule has 6 heteroatoms. The van der Waals surface area contributed by atoms with Crippen LogP contribution in [-0.4, -0.2) is 12.5 Å². The molecule has 5 nitrogen and oxygen atoms in total. The average Bonchev–Trinajstić information content (AvgIpc) is 3.12. The lowest BCUT2D eigenvalue weighted by Crippen LogP contribution is -2.36. The van der Waals surface area contributed by atoms with Crippen LogP contribution >= 0.6 is 0 Å². The molecule has 0 saturated carbocycles. The van der Waals surface area contributed by atoms with Crippen LogP contribution in [0.25, 0.3) is 0 Å². The lowest BCUT2D eigenvalue weighted by Gasteiger charge is -2.21. The second-order valence-corrected chi connectivity index (χ2v) is 6.13. The number of rotatable bonds is 4. The number of halogens is 1. The summed E-state index contributed by atoms with van der Waals surface area (Å²) in [7, 11) is 0. The van der Waals surface area contributed by atoms with E-state index in [-0.39, 0.29) is 29.7 Å². The van der Waals surface area contributed by atoms with Crippen LogP contribution in [-0.2, 0) is 4.79 Å². The number of nitrogens with zero attached hydrogens (tertiary/aromatic N) is 1. The number of benzene rings is 2. The Balaban J connectivity index is 1.68. The standard InChI is InChI=1S/C19H19FN4O/c1-12(14-4-2-13(10-21)3-5-14)23-19(25)17-11-22-24-18(17)15-6-8-16(20)9-7-15/h2-9,12,17-18,22,24H,11H2,1H3,(H,23,25). The zero-order valence-corrected chi connectivity index (χ0v) is 13.8. The lowest BCUT2D eigenvalue weighted by atomic mass is 9.93. The molecule has 3 atom stereocenters. The molecule has 3 rings (SSSR count). The lowest BCUT2D eigenvalue weighted by molar-refractivity contribution is -0.125. The highest BCUT2D eigenvalue weighted by Crippen LogP contribution is 2.26. The Morgan fingerprint density at radius 3 is 2.56 bits per heavy atom. The minimum Gasteiger partial charge on any atom is -0.349 e. The maximum Gasteiger partial charge on any atom is 0.226 e. The Hall–Kier alpha value is -2.75. The Labute approximate surface area is 145 Å². The molecule has 1 saturated heterocycles. The van der Waals surface area contributed by atoms with Gasteiger partial charge in [0.05, 0.1) is 29.6 Å². The van der Waals surface area contributed by atoms with E-state index >= 15 is 0 Å². The van der Waals surface area contributed by atoms with Crippen molar-refractivity contribution in [3.8, 4) is 6.07 Å². The molecule has 1 fully saturated rings. The van der Waals surface area contributed by atoms with Crippen molar-refractivity contribution in [2.45, 2.75) is 19.0 Å². The Morgan fingerprint density at radius 2 is 1.92 bits per heavy atom. The number of amides is 1. The minimum atomic E-state index is -0.301. The Bertz CT molecular complexity index is 783. The van der Waals surface area contributed by atoms with Crippen molar-refractivity contribution < 1.29 is 9.18 Å². The molecule has 0 aromatic heterocycles. The highest BCUT2D eigenvalue weighted by molar-refractivity contribution is 5.80. The highest BCUT2D eigenvalue weighted by Gasteiger charge is 2.34. The van der Waals surface area contributed by atoms with Gasteiger partial charge in [-0.2, -0.15) is 5.26 Å². The Kier molecular flexibility index (Phi) is 5.08. The SMILES string of the molecule is CC(NC(=O)C1CNNC1c1ccc(F)cc1)c1ccc(C#N)cc1. The number of hydrazine groups is 1. The van der Waals surface area contributed by atoms with E-state index in [1.165, 1.54) is 12.1 Å². The fraction of sp³-hybridized carbons (Fsp3) is 0.263. The molecule has 0 radical (unpaired) electrons. The van der Waals surface area contributed by atoms with E-state index in [1.54, 1.807) is 24.3 Å². The summed E-state index contributed by atoms with van der Waals surface area (Å²) in [5.74, 6) is -0.680. The minimum absolute atomic E-state index is 0.0799. The smallest absolute Gasteiger partial charge is 0.226 e. The number of carbonyl (C=O) groups excluding carboxylic acids is 1. The third kappa shape index (κ3) is 3.85. The van der Waals surface area contributed by atoms with Gasteiger partial charge in [0.2, 0.25) is 5.91 Å². The molecule has 0 bridgehead atoms. The third-order valence-corrected chi connectivity index (χ3v) is 4.45. The van der Waals surface area contributed by atoms with Crippen molar-refractivity contribution >= 4 is 5.91 Å². The van der Waals surface area contributed by atoms with Crippen molar-refractivity contribution in [2.24, 2.45) is 5.92 Å². The molecular formula is C19H19FN4O. The van der Waals surface area contributed by atoms with Gasteiger partial charge in [0, 0.05) is 6.54 Å². The number of carbonyl (C=O) groups is 1. The maximum atomic E-state index is 13.1.